The Bertz CT molecular complexity index is 653. The minimum atomic E-state index is -0.272. The van der Waals surface area contributed by atoms with Crippen LogP contribution in [0.25, 0.3) is 0 Å². The van der Waals surface area contributed by atoms with Gasteiger partial charge in [0.05, 0.1) is 12.2 Å². The summed E-state index contributed by atoms with van der Waals surface area (Å²) < 4.78 is 10.7. The molecule has 1 aromatic carbocycles. The van der Waals surface area contributed by atoms with Gasteiger partial charge in [0.1, 0.15) is 17.6 Å². The molecule has 2 N–H and O–H groups in total. The van der Waals surface area contributed by atoms with Crippen LogP contribution in [-0.2, 0) is 6.54 Å². The fourth-order valence-corrected chi connectivity index (χ4v) is 2.22. The van der Waals surface area contributed by atoms with E-state index in [2.05, 4.69) is 15.8 Å². The van der Waals surface area contributed by atoms with Gasteiger partial charge in [-0.25, -0.2) is 4.79 Å². The molecule has 23 heavy (non-hydrogen) atoms. The van der Waals surface area contributed by atoms with Crippen molar-refractivity contribution >= 4 is 17.6 Å². The van der Waals surface area contributed by atoms with Crippen molar-refractivity contribution in [3.8, 4) is 5.75 Å². The largest absolute Gasteiger partial charge is 0.489 e. The fourth-order valence-electron chi connectivity index (χ4n) is 2.04. The van der Waals surface area contributed by atoms with Crippen LogP contribution in [0.5, 0.6) is 5.75 Å². The van der Waals surface area contributed by atoms with Gasteiger partial charge in [-0.05, 0) is 39.0 Å². The van der Waals surface area contributed by atoms with Crippen LogP contribution in [0.3, 0.4) is 0 Å². The molecule has 1 aromatic heterocycles. The second kappa shape index (κ2) is 7.87. The number of carbonyl (C=O) groups is 1. The van der Waals surface area contributed by atoms with Crippen LogP contribution >= 0.6 is 11.6 Å². The van der Waals surface area contributed by atoms with Crippen LogP contribution in [0.15, 0.2) is 28.8 Å². The monoisotopic (exact) mass is 337 g/mol. The van der Waals surface area contributed by atoms with E-state index in [1.54, 1.807) is 12.1 Å². The van der Waals surface area contributed by atoms with Crippen molar-refractivity contribution < 1.29 is 14.1 Å². The molecule has 0 aliphatic carbocycles. The highest BCUT2D eigenvalue weighted by atomic mass is 35.5. The number of hydrogen-bond donors (Lipinski definition) is 2. The molecule has 2 amide bonds. The van der Waals surface area contributed by atoms with Crippen molar-refractivity contribution in [3.63, 3.8) is 0 Å². The lowest BCUT2D eigenvalue weighted by Gasteiger charge is -2.16. The predicted molar refractivity (Wildman–Crippen MR) is 87.8 cm³/mol. The Morgan fingerprint density at radius 2 is 2.17 bits per heavy atom. The lowest BCUT2D eigenvalue weighted by molar-refractivity contribution is 0.207. The summed E-state index contributed by atoms with van der Waals surface area (Å²) in [7, 11) is 0. The highest BCUT2D eigenvalue weighted by molar-refractivity contribution is 6.30. The number of aromatic nitrogens is 1. The van der Waals surface area contributed by atoms with Gasteiger partial charge in [-0.3, -0.25) is 0 Å². The van der Waals surface area contributed by atoms with Gasteiger partial charge in [0.15, 0.2) is 0 Å². The summed E-state index contributed by atoms with van der Waals surface area (Å²) in [5, 5.41) is 9.98. The Hall–Kier alpha value is -2.21. The van der Waals surface area contributed by atoms with Gasteiger partial charge in [-0.15, -0.1) is 0 Å². The lowest BCUT2D eigenvalue weighted by atomic mass is 10.2. The number of urea groups is 1. The molecule has 1 atom stereocenters. The van der Waals surface area contributed by atoms with E-state index in [0.29, 0.717) is 29.6 Å². The van der Waals surface area contributed by atoms with Gasteiger partial charge in [0.25, 0.3) is 0 Å². The normalized spacial score (nSPS) is 11.8. The Balaban J connectivity index is 1.73. The average Bonchev–Trinajstić information content (AvgIpc) is 2.82. The molecular weight excluding hydrogens is 318 g/mol. The first kappa shape index (κ1) is 17.1. The van der Waals surface area contributed by atoms with Crippen molar-refractivity contribution in [2.75, 3.05) is 6.54 Å². The number of carbonyl (C=O) groups excluding carboxylic acids is 1. The molecule has 2 rings (SSSR count). The van der Waals surface area contributed by atoms with Crippen LogP contribution in [-0.4, -0.2) is 23.8 Å². The molecule has 0 fully saturated rings. The smallest absolute Gasteiger partial charge is 0.315 e. The Kier molecular flexibility index (Phi) is 5.87. The molecule has 2 aromatic rings. The third-order valence-corrected chi connectivity index (χ3v) is 3.53. The quantitative estimate of drug-likeness (QED) is 0.848. The molecule has 0 radical (unpaired) electrons. The molecule has 0 saturated heterocycles. The summed E-state index contributed by atoms with van der Waals surface area (Å²) >= 11 is 5.90. The van der Waals surface area contributed by atoms with Crippen LogP contribution in [0.4, 0.5) is 4.79 Å². The number of nitrogens with zero attached hydrogens (tertiary/aromatic N) is 1. The molecule has 0 bridgehead atoms. The van der Waals surface area contributed by atoms with Gasteiger partial charge >= 0.3 is 6.03 Å². The summed E-state index contributed by atoms with van der Waals surface area (Å²) in [6.07, 6.45) is -0.182. The first-order valence-electron chi connectivity index (χ1n) is 7.31. The maximum atomic E-state index is 11.8. The van der Waals surface area contributed by atoms with E-state index in [4.69, 9.17) is 20.9 Å². The highest BCUT2D eigenvalue weighted by Crippen LogP contribution is 2.18. The summed E-state index contributed by atoms with van der Waals surface area (Å²) in [6.45, 7) is 6.27. The van der Waals surface area contributed by atoms with E-state index in [1.807, 2.05) is 32.9 Å². The van der Waals surface area contributed by atoms with E-state index >= 15 is 0 Å². The first-order valence-corrected chi connectivity index (χ1v) is 7.69. The molecule has 124 valence electrons. The standard InChI is InChI=1S/C16H20ClN3O3/c1-10(22-14-6-4-5-13(17)7-14)8-18-16(21)19-9-15-11(2)20-23-12(15)3/h4-7,10H,8-9H2,1-3H3,(H2,18,19,21)/t10-/m1/s1. The maximum Gasteiger partial charge on any atom is 0.315 e. The Labute approximate surface area is 140 Å². The topological polar surface area (TPSA) is 76.4 Å². The predicted octanol–water partition coefficient (Wildman–Crippen LogP) is 3.21. The number of aryl methyl sites for hydroxylation is 2. The third kappa shape index (κ3) is 5.17. The van der Waals surface area contributed by atoms with E-state index in [1.165, 1.54) is 0 Å². The van der Waals surface area contributed by atoms with E-state index in [9.17, 15) is 4.79 Å². The summed E-state index contributed by atoms with van der Waals surface area (Å²) in [4.78, 5) is 11.8. The summed E-state index contributed by atoms with van der Waals surface area (Å²) in [6, 6.07) is 6.87. The Morgan fingerprint density at radius 3 is 2.83 bits per heavy atom. The number of ether oxygens (including phenoxy) is 1. The molecular formula is C16H20ClN3O3. The molecule has 7 heteroatoms. The van der Waals surface area contributed by atoms with Gasteiger partial charge in [0, 0.05) is 17.1 Å². The summed E-state index contributed by atoms with van der Waals surface area (Å²) in [5.41, 5.74) is 1.67. The third-order valence-electron chi connectivity index (χ3n) is 3.29. The number of rotatable bonds is 6. The van der Waals surface area contributed by atoms with Crippen molar-refractivity contribution in [1.29, 1.82) is 0 Å². The zero-order chi connectivity index (χ0) is 16.8. The second-order valence-electron chi connectivity index (χ2n) is 5.25. The zero-order valence-electron chi connectivity index (χ0n) is 13.4. The van der Waals surface area contributed by atoms with Crippen LogP contribution in [0.1, 0.15) is 23.9 Å². The SMILES string of the molecule is Cc1noc(C)c1CNC(=O)NC[C@@H](C)Oc1cccc(Cl)c1. The van der Waals surface area contributed by atoms with Gasteiger partial charge in [-0.2, -0.15) is 0 Å². The first-order chi connectivity index (χ1) is 11.0. The van der Waals surface area contributed by atoms with Crippen molar-refractivity contribution in [2.24, 2.45) is 0 Å². The molecule has 6 nitrogen and oxygen atoms in total. The number of hydrogen-bond acceptors (Lipinski definition) is 4. The minimum absolute atomic E-state index is 0.182. The van der Waals surface area contributed by atoms with E-state index in [0.717, 1.165) is 11.3 Å². The number of halogens is 1. The van der Waals surface area contributed by atoms with E-state index in [-0.39, 0.29) is 12.1 Å². The number of nitrogens with one attached hydrogen (secondary N) is 2. The highest BCUT2D eigenvalue weighted by Gasteiger charge is 2.11. The van der Waals surface area contributed by atoms with Gasteiger partial charge < -0.3 is 19.9 Å². The minimum Gasteiger partial charge on any atom is -0.489 e. The van der Waals surface area contributed by atoms with Crippen molar-refractivity contribution in [1.82, 2.24) is 15.8 Å². The maximum absolute atomic E-state index is 11.8. The van der Waals surface area contributed by atoms with Crippen LogP contribution < -0.4 is 15.4 Å². The zero-order valence-corrected chi connectivity index (χ0v) is 14.1. The molecule has 0 unspecified atom stereocenters. The Morgan fingerprint density at radius 1 is 1.39 bits per heavy atom. The molecule has 0 saturated carbocycles. The fraction of sp³-hybridized carbons (Fsp3) is 0.375. The van der Waals surface area contributed by atoms with Crippen LogP contribution in [0.2, 0.25) is 5.02 Å². The second-order valence-corrected chi connectivity index (χ2v) is 5.69. The van der Waals surface area contributed by atoms with Crippen LogP contribution in [0, 0.1) is 13.8 Å². The molecule has 0 aliphatic rings. The summed E-state index contributed by atoms with van der Waals surface area (Å²) in [5.74, 6) is 1.38. The van der Waals surface area contributed by atoms with Crippen molar-refractivity contribution in [2.45, 2.75) is 33.4 Å². The molecule has 0 aliphatic heterocycles. The molecule has 1 heterocycles. The average molecular weight is 338 g/mol. The van der Waals surface area contributed by atoms with Gasteiger partial charge in [-0.1, -0.05) is 22.8 Å². The van der Waals surface area contributed by atoms with E-state index < -0.39 is 0 Å². The lowest BCUT2D eigenvalue weighted by Crippen LogP contribution is -2.40. The van der Waals surface area contributed by atoms with Crippen molar-refractivity contribution in [3.05, 3.63) is 46.3 Å². The number of amides is 2. The molecule has 0 spiro atoms. The number of benzene rings is 1. The van der Waals surface area contributed by atoms with Gasteiger partial charge in [0.2, 0.25) is 0 Å².